The van der Waals surface area contributed by atoms with Gasteiger partial charge < -0.3 is 5.73 Å². The number of hydrogen-bond donors (Lipinski definition) is 1. The number of carbonyl (C=O) groups excluding carboxylic acids is 1. The molecule has 4 nitrogen and oxygen atoms in total. The van der Waals surface area contributed by atoms with Gasteiger partial charge in [-0.15, -0.1) is 0 Å². The van der Waals surface area contributed by atoms with E-state index in [-0.39, 0.29) is 5.91 Å². The Morgan fingerprint density at radius 1 is 1.08 bits per heavy atom. The maximum Gasteiger partial charge on any atom is 0.347 e. The molecule has 1 amide bonds. The number of unbranched alkanes of at least 4 members (excludes halogenated alkanes) is 2. The van der Waals surface area contributed by atoms with Gasteiger partial charge in [-0.1, -0.05) is 53.4 Å². The fraction of sp³-hybridized carbons (Fsp3) is 0.800. The molecule has 2 N–H and O–H groups in total. The second-order valence-corrected chi connectivity index (χ2v) is 7.12. The van der Waals surface area contributed by atoms with Crippen LogP contribution in [0.2, 0.25) is 0 Å². The van der Waals surface area contributed by atoms with Gasteiger partial charge in [0.15, 0.2) is 0 Å². The van der Waals surface area contributed by atoms with Crippen LogP contribution < -0.4 is 10.3 Å². The predicted octanol–water partition coefficient (Wildman–Crippen LogP) is 4.31. The predicted molar refractivity (Wildman–Crippen MR) is 99.8 cm³/mol. The molecule has 2 unspecified atom stereocenters. The molecule has 0 saturated carbocycles. The van der Waals surface area contributed by atoms with Crippen molar-refractivity contribution in [2.45, 2.75) is 92.2 Å². The van der Waals surface area contributed by atoms with Crippen molar-refractivity contribution in [3.8, 4) is 0 Å². The summed E-state index contributed by atoms with van der Waals surface area (Å²) in [6, 6.07) is 0. The zero-order valence-corrected chi connectivity index (χ0v) is 16.3. The van der Waals surface area contributed by atoms with E-state index in [9.17, 15) is 4.79 Å². The van der Waals surface area contributed by atoms with Crippen LogP contribution in [0.5, 0.6) is 0 Å². The molecule has 0 spiro atoms. The van der Waals surface area contributed by atoms with E-state index in [1.807, 2.05) is 12.4 Å². The van der Waals surface area contributed by atoms with Gasteiger partial charge >= 0.3 is 11.7 Å². The summed E-state index contributed by atoms with van der Waals surface area (Å²) >= 11 is 0. The summed E-state index contributed by atoms with van der Waals surface area (Å²) in [5.74, 6) is 1.59. The average Bonchev–Trinajstić information content (AvgIpc) is 2.97. The van der Waals surface area contributed by atoms with Crippen LogP contribution in [0.3, 0.4) is 0 Å². The third-order valence-corrected chi connectivity index (χ3v) is 5.19. The van der Waals surface area contributed by atoms with Gasteiger partial charge in [0.05, 0.1) is 13.1 Å². The summed E-state index contributed by atoms with van der Waals surface area (Å²) in [5.41, 5.74) is 5.71. The van der Waals surface area contributed by atoms with Crippen LogP contribution in [0.25, 0.3) is 0 Å². The molecule has 0 fully saturated rings. The lowest BCUT2D eigenvalue weighted by molar-refractivity contribution is -0.704. The molecule has 2 atom stereocenters. The highest BCUT2D eigenvalue weighted by atomic mass is 16.1. The molecule has 0 bridgehead atoms. The van der Waals surface area contributed by atoms with Crippen LogP contribution in [0.4, 0.5) is 0 Å². The van der Waals surface area contributed by atoms with Crippen molar-refractivity contribution in [2.75, 3.05) is 0 Å². The molecule has 0 aliphatic carbocycles. The standard InChI is InChI=1S/C20H37N3O/c1-5-9-11-17(7-3)15-22-13-14-23(20(22)19(21)24)16-18(8-4)12-10-6-2/h13-14,17-18H,5-12,15-16H2,1-4H3,(H-,21,24)/p+1. The minimum absolute atomic E-state index is 0.310. The van der Waals surface area contributed by atoms with E-state index in [1.165, 1.54) is 38.5 Å². The SMILES string of the molecule is CCCCC(CC)Cn1cc[n+](CC(CC)CCCC)c1C(N)=O. The highest BCUT2D eigenvalue weighted by molar-refractivity contribution is 5.87. The topological polar surface area (TPSA) is 51.9 Å². The van der Waals surface area contributed by atoms with Gasteiger partial charge in [0.2, 0.25) is 0 Å². The van der Waals surface area contributed by atoms with Crippen molar-refractivity contribution in [3.63, 3.8) is 0 Å². The largest absolute Gasteiger partial charge is 0.359 e. The number of primary amides is 1. The highest BCUT2D eigenvalue weighted by Crippen LogP contribution is 2.17. The van der Waals surface area contributed by atoms with Crippen molar-refractivity contribution in [1.29, 1.82) is 0 Å². The maximum atomic E-state index is 12.1. The van der Waals surface area contributed by atoms with E-state index in [1.54, 1.807) is 0 Å². The number of amides is 1. The molecule has 0 radical (unpaired) electrons. The lowest BCUT2D eigenvalue weighted by Gasteiger charge is -2.14. The van der Waals surface area contributed by atoms with E-state index in [4.69, 9.17) is 5.73 Å². The molecule has 24 heavy (non-hydrogen) atoms. The van der Waals surface area contributed by atoms with E-state index in [2.05, 4.69) is 36.8 Å². The van der Waals surface area contributed by atoms with Crippen LogP contribution in [-0.2, 0) is 13.1 Å². The van der Waals surface area contributed by atoms with Crippen LogP contribution in [0, 0.1) is 11.8 Å². The van der Waals surface area contributed by atoms with Crippen molar-refractivity contribution in [3.05, 3.63) is 18.2 Å². The van der Waals surface area contributed by atoms with Crippen LogP contribution in [-0.4, -0.2) is 10.5 Å². The first-order valence-electron chi connectivity index (χ1n) is 9.95. The van der Waals surface area contributed by atoms with Gasteiger partial charge in [-0.3, -0.25) is 4.79 Å². The van der Waals surface area contributed by atoms with Crippen LogP contribution in [0.1, 0.15) is 89.7 Å². The first-order chi connectivity index (χ1) is 11.6. The molecular weight excluding hydrogens is 298 g/mol. The Labute approximate surface area is 148 Å². The first kappa shape index (κ1) is 20.7. The van der Waals surface area contributed by atoms with Crippen molar-refractivity contribution in [2.24, 2.45) is 17.6 Å². The van der Waals surface area contributed by atoms with E-state index >= 15 is 0 Å². The Morgan fingerprint density at radius 2 is 1.67 bits per heavy atom. The fourth-order valence-corrected chi connectivity index (χ4v) is 3.44. The average molecular weight is 337 g/mol. The van der Waals surface area contributed by atoms with Crippen LogP contribution in [0.15, 0.2) is 12.4 Å². The first-order valence-corrected chi connectivity index (χ1v) is 9.95. The van der Waals surface area contributed by atoms with Gasteiger partial charge in [-0.25, -0.2) is 9.13 Å². The minimum atomic E-state index is -0.310. The Hall–Kier alpha value is -1.32. The number of imidazole rings is 1. The third-order valence-electron chi connectivity index (χ3n) is 5.19. The summed E-state index contributed by atoms with van der Waals surface area (Å²) in [4.78, 5) is 12.1. The van der Waals surface area contributed by atoms with Gasteiger partial charge in [-0.2, -0.15) is 0 Å². The lowest BCUT2D eigenvalue weighted by Crippen LogP contribution is -2.44. The van der Waals surface area contributed by atoms with Crippen molar-refractivity contribution in [1.82, 2.24) is 4.57 Å². The molecule has 0 aromatic carbocycles. The summed E-state index contributed by atoms with van der Waals surface area (Å²) in [6.07, 6.45) is 13.8. The van der Waals surface area contributed by atoms with Gasteiger partial charge in [-0.05, 0) is 37.5 Å². The second kappa shape index (κ2) is 11.3. The normalized spacial score (nSPS) is 13.8. The molecule has 1 aromatic rings. The third kappa shape index (κ3) is 6.29. The molecule has 1 heterocycles. The minimum Gasteiger partial charge on any atom is -0.359 e. The molecule has 1 aromatic heterocycles. The Bertz CT molecular complexity index is 446. The second-order valence-electron chi connectivity index (χ2n) is 7.12. The van der Waals surface area contributed by atoms with Gasteiger partial charge in [0.25, 0.3) is 0 Å². The number of rotatable bonds is 13. The van der Waals surface area contributed by atoms with Gasteiger partial charge in [0, 0.05) is 0 Å². The molecule has 138 valence electrons. The molecular formula is C20H38N3O+. The fourth-order valence-electron chi connectivity index (χ4n) is 3.44. The zero-order chi connectivity index (χ0) is 17.9. The summed E-state index contributed by atoms with van der Waals surface area (Å²) in [5, 5.41) is 0. The van der Waals surface area contributed by atoms with Crippen molar-refractivity contribution < 1.29 is 9.36 Å². The molecule has 1 rings (SSSR count). The summed E-state index contributed by atoms with van der Waals surface area (Å²) in [7, 11) is 0. The Kier molecular flexibility index (Phi) is 9.73. The highest BCUT2D eigenvalue weighted by Gasteiger charge is 2.26. The lowest BCUT2D eigenvalue weighted by atomic mass is 9.99. The van der Waals surface area contributed by atoms with Gasteiger partial charge in [0.1, 0.15) is 12.4 Å². The monoisotopic (exact) mass is 336 g/mol. The Morgan fingerprint density at radius 3 is 2.17 bits per heavy atom. The molecule has 0 aliphatic rings. The number of nitrogens with two attached hydrogens (primary N) is 1. The number of carbonyl (C=O) groups is 1. The number of nitrogens with zero attached hydrogens (tertiary/aromatic N) is 2. The molecule has 0 saturated heterocycles. The van der Waals surface area contributed by atoms with E-state index in [0.717, 1.165) is 25.9 Å². The van der Waals surface area contributed by atoms with Crippen molar-refractivity contribution >= 4 is 5.91 Å². The van der Waals surface area contributed by atoms with Crippen LogP contribution >= 0.6 is 0 Å². The smallest absolute Gasteiger partial charge is 0.347 e. The summed E-state index contributed by atoms with van der Waals surface area (Å²) < 4.78 is 4.16. The number of aromatic nitrogens is 2. The summed E-state index contributed by atoms with van der Waals surface area (Å²) in [6.45, 7) is 10.7. The maximum absolute atomic E-state index is 12.1. The molecule has 4 heteroatoms. The quantitative estimate of drug-likeness (QED) is 0.536. The molecule has 0 aliphatic heterocycles. The van der Waals surface area contributed by atoms with E-state index < -0.39 is 0 Å². The zero-order valence-electron chi connectivity index (χ0n) is 16.3. The van der Waals surface area contributed by atoms with E-state index in [0.29, 0.717) is 17.7 Å². The number of hydrogen-bond acceptors (Lipinski definition) is 1. The Balaban J connectivity index is 2.87.